The van der Waals surface area contributed by atoms with Gasteiger partial charge in [-0.3, -0.25) is 4.68 Å². The van der Waals surface area contributed by atoms with Gasteiger partial charge >= 0.3 is 0 Å². The molecule has 1 aromatic carbocycles. The zero-order valence-electron chi connectivity index (χ0n) is 11.0. The van der Waals surface area contributed by atoms with Gasteiger partial charge in [-0.15, -0.1) is 0 Å². The molecule has 1 aliphatic heterocycles. The minimum absolute atomic E-state index is 0.440. The van der Waals surface area contributed by atoms with Gasteiger partial charge in [0.15, 0.2) is 0 Å². The maximum atomic E-state index is 4.65. The van der Waals surface area contributed by atoms with Crippen LogP contribution in [0.25, 0.3) is 11.3 Å². The van der Waals surface area contributed by atoms with Crippen LogP contribution in [0.5, 0.6) is 0 Å². The smallest absolute Gasteiger partial charge is 0.0800 e. The summed E-state index contributed by atoms with van der Waals surface area (Å²) in [7, 11) is 2.02. The van der Waals surface area contributed by atoms with Gasteiger partial charge in [-0.1, -0.05) is 29.8 Å². The van der Waals surface area contributed by atoms with E-state index in [0.717, 1.165) is 6.54 Å². The second-order valence-electron chi connectivity index (χ2n) is 5.09. The molecule has 2 aromatic rings. The van der Waals surface area contributed by atoms with Crippen LogP contribution in [0.1, 0.15) is 30.1 Å². The van der Waals surface area contributed by atoms with Crippen LogP contribution in [0, 0.1) is 6.92 Å². The first-order valence-corrected chi connectivity index (χ1v) is 6.58. The summed E-state index contributed by atoms with van der Waals surface area (Å²) in [6, 6.07) is 11.3. The van der Waals surface area contributed by atoms with E-state index in [1.807, 2.05) is 11.7 Å². The van der Waals surface area contributed by atoms with E-state index in [0.29, 0.717) is 6.04 Å². The lowest BCUT2D eigenvalue weighted by molar-refractivity contribution is 0.607. The van der Waals surface area contributed by atoms with Crippen LogP contribution >= 0.6 is 0 Å². The van der Waals surface area contributed by atoms with E-state index in [1.54, 1.807) is 0 Å². The van der Waals surface area contributed by atoms with E-state index in [9.17, 15) is 0 Å². The molecule has 1 unspecified atom stereocenters. The molecule has 1 N–H and O–H groups in total. The number of nitrogens with zero attached hydrogens (tertiary/aromatic N) is 2. The summed E-state index contributed by atoms with van der Waals surface area (Å²) in [4.78, 5) is 0. The quantitative estimate of drug-likeness (QED) is 0.876. The first kappa shape index (κ1) is 11.5. The predicted molar refractivity (Wildman–Crippen MR) is 73.4 cm³/mol. The van der Waals surface area contributed by atoms with Crippen molar-refractivity contribution in [1.82, 2.24) is 15.1 Å². The molecule has 0 bridgehead atoms. The average Bonchev–Trinajstić information content (AvgIpc) is 2.99. The van der Waals surface area contributed by atoms with E-state index in [1.165, 1.54) is 35.4 Å². The predicted octanol–water partition coefficient (Wildman–Crippen LogP) is 2.82. The summed E-state index contributed by atoms with van der Waals surface area (Å²) >= 11 is 0. The number of benzene rings is 1. The fourth-order valence-electron chi connectivity index (χ4n) is 2.59. The molecule has 18 heavy (non-hydrogen) atoms. The van der Waals surface area contributed by atoms with Crippen LogP contribution < -0.4 is 5.32 Å². The number of aromatic nitrogens is 2. The molecule has 1 atom stereocenters. The molecule has 2 heterocycles. The summed E-state index contributed by atoms with van der Waals surface area (Å²) in [5, 5.41) is 8.14. The van der Waals surface area contributed by atoms with Gasteiger partial charge in [-0.2, -0.15) is 5.10 Å². The highest BCUT2D eigenvalue weighted by atomic mass is 15.3. The molecular formula is C15H19N3. The van der Waals surface area contributed by atoms with Crippen LogP contribution in [-0.2, 0) is 7.05 Å². The first-order chi connectivity index (χ1) is 8.74. The Morgan fingerprint density at radius 1 is 1.28 bits per heavy atom. The van der Waals surface area contributed by atoms with Crippen molar-refractivity contribution in [3.05, 3.63) is 41.6 Å². The SMILES string of the molecule is Cc1ccc(-c2cc(C3CCCN3)nn2C)cc1. The highest BCUT2D eigenvalue weighted by Crippen LogP contribution is 2.26. The van der Waals surface area contributed by atoms with Gasteiger partial charge in [0.1, 0.15) is 0 Å². The molecule has 1 aromatic heterocycles. The number of hydrogen-bond donors (Lipinski definition) is 1. The van der Waals surface area contributed by atoms with E-state index in [4.69, 9.17) is 0 Å². The summed E-state index contributed by atoms with van der Waals surface area (Å²) in [5.74, 6) is 0. The standard InChI is InChI=1S/C15H19N3/c1-11-5-7-12(8-6-11)15-10-14(17-18(15)2)13-4-3-9-16-13/h5-8,10,13,16H,3-4,9H2,1-2H3. The summed E-state index contributed by atoms with van der Waals surface area (Å²) in [6.07, 6.45) is 2.45. The number of rotatable bonds is 2. The number of aryl methyl sites for hydroxylation is 2. The molecule has 3 rings (SSSR count). The fraction of sp³-hybridized carbons (Fsp3) is 0.400. The van der Waals surface area contributed by atoms with Crippen molar-refractivity contribution in [1.29, 1.82) is 0 Å². The second-order valence-corrected chi connectivity index (χ2v) is 5.09. The van der Waals surface area contributed by atoms with Crippen LogP contribution in [-0.4, -0.2) is 16.3 Å². The molecule has 0 amide bonds. The first-order valence-electron chi connectivity index (χ1n) is 6.58. The Hall–Kier alpha value is -1.61. The Kier molecular flexibility index (Phi) is 2.92. The van der Waals surface area contributed by atoms with Crippen molar-refractivity contribution < 1.29 is 0 Å². The van der Waals surface area contributed by atoms with Gasteiger partial charge in [-0.05, 0) is 37.9 Å². The van der Waals surface area contributed by atoms with E-state index in [-0.39, 0.29) is 0 Å². The van der Waals surface area contributed by atoms with Gasteiger partial charge in [0.2, 0.25) is 0 Å². The Labute approximate surface area is 108 Å². The molecule has 1 fully saturated rings. The van der Waals surface area contributed by atoms with E-state index < -0.39 is 0 Å². The molecule has 0 aliphatic carbocycles. The summed E-state index contributed by atoms with van der Waals surface area (Å²) in [5.41, 5.74) is 4.89. The maximum absolute atomic E-state index is 4.65. The lowest BCUT2D eigenvalue weighted by Gasteiger charge is -2.04. The third-order valence-corrected chi connectivity index (χ3v) is 3.66. The molecule has 1 saturated heterocycles. The van der Waals surface area contributed by atoms with Crippen molar-refractivity contribution in [3.8, 4) is 11.3 Å². The Bertz CT molecular complexity index is 533. The summed E-state index contributed by atoms with van der Waals surface area (Å²) < 4.78 is 1.99. The molecule has 3 heteroatoms. The molecule has 94 valence electrons. The largest absolute Gasteiger partial charge is 0.309 e. The van der Waals surface area contributed by atoms with Crippen molar-refractivity contribution in [2.75, 3.05) is 6.54 Å². The molecule has 0 radical (unpaired) electrons. The van der Waals surface area contributed by atoms with Gasteiger partial charge in [0.05, 0.1) is 17.4 Å². The molecule has 0 spiro atoms. The van der Waals surface area contributed by atoms with Crippen molar-refractivity contribution >= 4 is 0 Å². The molecular weight excluding hydrogens is 222 g/mol. The van der Waals surface area contributed by atoms with Crippen molar-refractivity contribution in [2.24, 2.45) is 7.05 Å². The minimum atomic E-state index is 0.440. The third kappa shape index (κ3) is 2.06. The number of hydrogen-bond acceptors (Lipinski definition) is 2. The lowest BCUT2D eigenvalue weighted by atomic mass is 10.1. The van der Waals surface area contributed by atoms with Crippen molar-refractivity contribution in [3.63, 3.8) is 0 Å². The van der Waals surface area contributed by atoms with Crippen LogP contribution in [0.15, 0.2) is 30.3 Å². The highest BCUT2D eigenvalue weighted by Gasteiger charge is 2.20. The van der Waals surface area contributed by atoms with Gasteiger partial charge in [0.25, 0.3) is 0 Å². The third-order valence-electron chi connectivity index (χ3n) is 3.66. The van der Waals surface area contributed by atoms with Gasteiger partial charge in [-0.25, -0.2) is 0 Å². The highest BCUT2D eigenvalue weighted by molar-refractivity contribution is 5.60. The van der Waals surface area contributed by atoms with Gasteiger partial charge in [0, 0.05) is 7.05 Å². The second kappa shape index (κ2) is 4.58. The van der Waals surface area contributed by atoms with Crippen LogP contribution in [0.4, 0.5) is 0 Å². The zero-order valence-corrected chi connectivity index (χ0v) is 11.0. The maximum Gasteiger partial charge on any atom is 0.0800 e. The van der Waals surface area contributed by atoms with Crippen LogP contribution in [0.3, 0.4) is 0 Å². The van der Waals surface area contributed by atoms with Crippen LogP contribution in [0.2, 0.25) is 0 Å². The average molecular weight is 241 g/mol. The zero-order chi connectivity index (χ0) is 12.5. The molecule has 3 nitrogen and oxygen atoms in total. The Morgan fingerprint density at radius 2 is 2.06 bits per heavy atom. The molecule has 1 aliphatic rings. The fourth-order valence-corrected chi connectivity index (χ4v) is 2.59. The Balaban J connectivity index is 1.94. The minimum Gasteiger partial charge on any atom is -0.309 e. The number of nitrogens with one attached hydrogen (secondary N) is 1. The Morgan fingerprint density at radius 3 is 2.72 bits per heavy atom. The lowest BCUT2D eigenvalue weighted by Crippen LogP contribution is -2.13. The topological polar surface area (TPSA) is 29.9 Å². The monoisotopic (exact) mass is 241 g/mol. The normalized spacial score (nSPS) is 19.3. The molecule has 0 saturated carbocycles. The summed E-state index contributed by atoms with van der Waals surface area (Å²) in [6.45, 7) is 3.22. The van der Waals surface area contributed by atoms with E-state index >= 15 is 0 Å². The van der Waals surface area contributed by atoms with E-state index in [2.05, 4.69) is 47.7 Å². The van der Waals surface area contributed by atoms with Crippen molar-refractivity contribution in [2.45, 2.75) is 25.8 Å². The van der Waals surface area contributed by atoms with Gasteiger partial charge < -0.3 is 5.32 Å².